The van der Waals surface area contributed by atoms with Crippen molar-refractivity contribution in [2.45, 2.75) is 105 Å². The van der Waals surface area contributed by atoms with E-state index in [4.69, 9.17) is 15.6 Å². The van der Waals surface area contributed by atoms with Crippen molar-refractivity contribution >= 4 is 8.53 Å². The maximum atomic E-state index is 7.05. The first-order valence-corrected chi connectivity index (χ1v) is 13.0. The molecule has 0 saturated carbocycles. The molecular formula is C23H46N3O2P. The molecule has 1 unspecified atom stereocenters. The number of hydrogen-bond acceptors (Lipinski definition) is 4. The summed E-state index contributed by atoms with van der Waals surface area (Å²) in [6, 6.07) is 0.717. The smallest absolute Gasteiger partial charge is 0.259 e. The number of nitrogens with zero attached hydrogens (tertiary/aromatic N) is 3. The summed E-state index contributed by atoms with van der Waals surface area (Å²) in [5.74, 6) is 0.565. The molecule has 0 bridgehead atoms. The van der Waals surface area contributed by atoms with Gasteiger partial charge in [0.1, 0.15) is 6.61 Å². The lowest BCUT2D eigenvalue weighted by molar-refractivity contribution is 0.0277. The highest BCUT2D eigenvalue weighted by atomic mass is 31.2. The van der Waals surface area contributed by atoms with Crippen LogP contribution in [0.15, 0.2) is 0 Å². The number of unbranched alkanes of at least 4 members (excludes halogenated alkanes) is 4. The Kier molecular flexibility index (Phi) is 14.4. The minimum absolute atomic E-state index is 0.260. The van der Waals surface area contributed by atoms with Gasteiger partial charge in [-0.2, -0.15) is 0 Å². The molecule has 0 aromatic rings. The van der Waals surface area contributed by atoms with Gasteiger partial charge in [0.05, 0.1) is 6.10 Å². The van der Waals surface area contributed by atoms with E-state index < -0.39 is 8.53 Å². The zero-order chi connectivity index (χ0) is 21.6. The summed E-state index contributed by atoms with van der Waals surface area (Å²) in [4.78, 5) is 6.09. The zero-order valence-corrected chi connectivity index (χ0v) is 20.8. The van der Waals surface area contributed by atoms with Crippen LogP contribution in [0, 0.1) is 12.5 Å². The lowest BCUT2D eigenvalue weighted by Crippen LogP contribution is -2.45. The molecule has 29 heavy (non-hydrogen) atoms. The van der Waals surface area contributed by atoms with Crippen LogP contribution in [0.4, 0.5) is 0 Å². The van der Waals surface area contributed by atoms with Crippen LogP contribution in [-0.4, -0.2) is 60.5 Å². The van der Waals surface area contributed by atoms with Crippen molar-refractivity contribution in [2.75, 3.05) is 32.8 Å². The molecular weight excluding hydrogens is 381 g/mol. The van der Waals surface area contributed by atoms with Crippen molar-refractivity contribution in [1.82, 2.24) is 9.57 Å². The summed E-state index contributed by atoms with van der Waals surface area (Å²) in [6.45, 7) is 24.8. The lowest BCUT2D eigenvalue weighted by Gasteiger charge is -2.42. The maximum absolute atomic E-state index is 7.05. The first-order chi connectivity index (χ1) is 13.9. The first kappa shape index (κ1) is 26.8. The van der Waals surface area contributed by atoms with Crippen LogP contribution in [0.1, 0.15) is 86.5 Å². The molecule has 1 aliphatic heterocycles. The van der Waals surface area contributed by atoms with Gasteiger partial charge in [-0.1, -0.05) is 39.5 Å². The Bertz CT molecular complexity index is 448. The van der Waals surface area contributed by atoms with Crippen molar-refractivity contribution < 1.29 is 9.05 Å². The van der Waals surface area contributed by atoms with Crippen LogP contribution in [0.5, 0.6) is 0 Å². The van der Waals surface area contributed by atoms with Crippen LogP contribution in [0.2, 0.25) is 0 Å². The first-order valence-electron chi connectivity index (χ1n) is 11.9. The van der Waals surface area contributed by atoms with Crippen molar-refractivity contribution in [3.8, 4) is 0 Å². The van der Waals surface area contributed by atoms with Gasteiger partial charge in [0.2, 0.25) is 6.54 Å². The Morgan fingerprint density at radius 1 is 1.10 bits per heavy atom. The summed E-state index contributed by atoms with van der Waals surface area (Å²) in [6.07, 6.45) is 9.23. The molecule has 0 amide bonds. The van der Waals surface area contributed by atoms with Crippen molar-refractivity contribution in [3.05, 3.63) is 11.4 Å². The van der Waals surface area contributed by atoms with Gasteiger partial charge >= 0.3 is 0 Å². The molecule has 3 atom stereocenters. The number of piperidine rings is 1. The number of hydrogen-bond donors (Lipinski definition) is 0. The Labute approximate surface area is 182 Å². The van der Waals surface area contributed by atoms with Crippen molar-refractivity contribution in [3.63, 3.8) is 0 Å². The van der Waals surface area contributed by atoms with Crippen LogP contribution >= 0.6 is 8.53 Å². The van der Waals surface area contributed by atoms with Crippen molar-refractivity contribution in [1.29, 1.82) is 0 Å². The zero-order valence-electron chi connectivity index (χ0n) is 19.9. The van der Waals surface area contributed by atoms with Gasteiger partial charge in [0, 0.05) is 25.2 Å². The minimum atomic E-state index is -1.13. The van der Waals surface area contributed by atoms with E-state index in [9.17, 15) is 0 Å². The lowest BCUT2D eigenvalue weighted by atomic mass is 9.92. The molecule has 1 saturated heterocycles. The molecule has 5 nitrogen and oxygen atoms in total. The molecule has 6 heteroatoms. The molecule has 0 aromatic heterocycles. The largest absolute Gasteiger partial charge is 0.318 e. The van der Waals surface area contributed by atoms with Crippen molar-refractivity contribution in [2.24, 2.45) is 5.92 Å². The third-order valence-electron chi connectivity index (χ3n) is 5.73. The molecule has 0 N–H and O–H groups in total. The van der Waals surface area contributed by atoms with E-state index in [0.29, 0.717) is 31.2 Å². The topological polar surface area (TPSA) is 29.3 Å². The summed E-state index contributed by atoms with van der Waals surface area (Å²) in [7, 11) is -1.13. The Hall–Kier alpha value is -0.240. The van der Waals surface area contributed by atoms with Gasteiger partial charge in [0.25, 0.3) is 8.53 Å². The number of likely N-dealkylation sites (tertiary alicyclic amines) is 1. The summed E-state index contributed by atoms with van der Waals surface area (Å²) < 4.78 is 15.2. The standard InChI is InChI=1S/C23H46N3O2P/c1-8-10-11-12-13-16-25-17-14-23(22(9-2)19-25)28-29(27-18-15-24-7)26(20(3)4)21(5)6/h20-23H,8-19H2,1-6H3/t22-,23-,29?/m1/s1. The second-order valence-corrected chi connectivity index (χ2v) is 10.2. The molecule has 0 aliphatic carbocycles. The second kappa shape index (κ2) is 15.5. The fourth-order valence-corrected chi connectivity index (χ4v) is 5.97. The van der Waals surface area contributed by atoms with Crippen LogP contribution in [0.25, 0.3) is 4.85 Å². The van der Waals surface area contributed by atoms with Gasteiger partial charge in [-0.15, -0.1) is 0 Å². The van der Waals surface area contributed by atoms with Gasteiger partial charge < -0.3 is 18.8 Å². The summed E-state index contributed by atoms with van der Waals surface area (Å²) >= 11 is 0. The van der Waals surface area contributed by atoms with E-state index >= 15 is 0 Å². The number of rotatable bonds is 15. The summed E-state index contributed by atoms with van der Waals surface area (Å²) in [5.41, 5.74) is 0. The average molecular weight is 428 g/mol. The highest BCUT2D eigenvalue weighted by Crippen LogP contribution is 2.48. The molecule has 0 aromatic carbocycles. The highest BCUT2D eigenvalue weighted by molar-refractivity contribution is 7.44. The van der Waals surface area contributed by atoms with E-state index in [1.165, 1.54) is 38.6 Å². The molecule has 1 rings (SSSR count). The minimum Gasteiger partial charge on any atom is -0.318 e. The van der Waals surface area contributed by atoms with Gasteiger partial charge in [-0.25, -0.2) is 11.2 Å². The monoisotopic (exact) mass is 427 g/mol. The molecule has 1 aliphatic rings. The Balaban J connectivity index is 2.64. The third-order valence-corrected chi connectivity index (χ3v) is 7.88. The highest BCUT2D eigenvalue weighted by Gasteiger charge is 2.35. The quantitative estimate of drug-likeness (QED) is 0.173. The molecule has 1 heterocycles. The van der Waals surface area contributed by atoms with E-state index in [2.05, 4.69) is 56.0 Å². The fourth-order valence-electron chi connectivity index (χ4n) is 4.16. The average Bonchev–Trinajstić information content (AvgIpc) is 2.68. The molecule has 170 valence electrons. The predicted octanol–water partition coefficient (Wildman–Crippen LogP) is 6.36. The van der Waals surface area contributed by atoms with Crippen LogP contribution < -0.4 is 0 Å². The van der Waals surface area contributed by atoms with E-state index in [0.717, 1.165) is 25.9 Å². The third kappa shape index (κ3) is 10.1. The van der Waals surface area contributed by atoms with Gasteiger partial charge in [-0.3, -0.25) is 0 Å². The predicted molar refractivity (Wildman–Crippen MR) is 125 cm³/mol. The van der Waals surface area contributed by atoms with Crippen LogP contribution in [0.3, 0.4) is 0 Å². The Morgan fingerprint density at radius 3 is 2.38 bits per heavy atom. The Morgan fingerprint density at radius 2 is 1.79 bits per heavy atom. The SMILES string of the molecule is [C-]#[N+]CCOP(O[C@@H]1CCN(CCCCCCC)C[C@H]1CC)N(C(C)C)C(C)C. The van der Waals surface area contributed by atoms with E-state index in [1.807, 2.05) is 0 Å². The molecule has 0 radical (unpaired) electrons. The van der Waals surface area contributed by atoms with E-state index in [-0.39, 0.29) is 6.10 Å². The van der Waals surface area contributed by atoms with Crippen LogP contribution in [-0.2, 0) is 9.05 Å². The summed E-state index contributed by atoms with van der Waals surface area (Å²) in [5, 5.41) is 0. The fraction of sp³-hybridized carbons (Fsp3) is 0.957. The van der Waals surface area contributed by atoms with Gasteiger partial charge in [0.15, 0.2) is 0 Å². The maximum Gasteiger partial charge on any atom is 0.259 e. The second-order valence-electron chi connectivity index (χ2n) is 8.84. The van der Waals surface area contributed by atoms with Gasteiger partial charge in [-0.05, 0) is 59.4 Å². The molecule has 1 fully saturated rings. The normalized spacial score (nSPS) is 21.8. The van der Waals surface area contributed by atoms with E-state index in [1.54, 1.807) is 0 Å². The molecule has 0 spiro atoms.